The molecule has 1 unspecified atom stereocenters. The molecule has 1 saturated heterocycles. The van der Waals surface area contributed by atoms with Gasteiger partial charge in [-0.25, -0.2) is 8.42 Å². The van der Waals surface area contributed by atoms with Crippen molar-refractivity contribution in [3.63, 3.8) is 0 Å². The third kappa shape index (κ3) is 4.23. The Kier molecular flexibility index (Phi) is 6.11. The van der Waals surface area contributed by atoms with Crippen LogP contribution >= 0.6 is 0 Å². The summed E-state index contributed by atoms with van der Waals surface area (Å²) in [6.07, 6.45) is 4.77. The summed E-state index contributed by atoms with van der Waals surface area (Å²) >= 11 is 0. The first kappa shape index (κ1) is 20.9. The van der Waals surface area contributed by atoms with Gasteiger partial charge in [-0.05, 0) is 68.5 Å². The Hall–Kier alpha value is -2.38. The van der Waals surface area contributed by atoms with E-state index >= 15 is 0 Å². The van der Waals surface area contributed by atoms with Crippen molar-refractivity contribution in [3.05, 3.63) is 54.1 Å². The number of hydrogen-bond acceptors (Lipinski definition) is 4. The maximum atomic E-state index is 12.9. The molecule has 4 rings (SSSR count). The number of piperidine rings is 1. The van der Waals surface area contributed by atoms with Gasteiger partial charge in [0.2, 0.25) is 10.0 Å². The molecular formula is C23H28N2O4S. The first-order chi connectivity index (χ1) is 14.5. The van der Waals surface area contributed by atoms with Gasteiger partial charge in [-0.1, -0.05) is 24.6 Å². The van der Waals surface area contributed by atoms with E-state index in [-0.39, 0.29) is 23.5 Å². The molecule has 1 fully saturated rings. The van der Waals surface area contributed by atoms with Crippen LogP contribution in [0.5, 0.6) is 5.75 Å². The highest BCUT2D eigenvalue weighted by Crippen LogP contribution is 2.30. The van der Waals surface area contributed by atoms with Crippen LogP contribution in [0.25, 0.3) is 0 Å². The lowest BCUT2D eigenvalue weighted by Crippen LogP contribution is -2.44. The SMILES string of the molecule is CC1CCc2ccccc2N1C(=O)COc1ccc(S(=O)(=O)N2CCCCC2)cc1. The Labute approximate surface area is 178 Å². The van der Waals surface area contributed by atoms with Crippen LogP contribution in [0.15, 0.2) is 53.4 Å². The fraction of sp³-hybridized carbons (Fsp3) is 0.435. The Bertz CT molecular complexity index is 998. The van der Waals surface area contributed by atoms with Crippen molar-refractivity contribution >= 4 is 21.6 Å². The van der Waals surface area contributed by atoms with E-state index in [4.69, 9.17) is 4.74 Å². The molecule has 1 atom stereocenters. The van der Waals surface area contributed by atoms with Gasteiger partial charge in [-0.3, -0.25) is 4.79 Å². The van der Waals surface area contributed by atoms with Crippen molar-refractivity contribution < 1.29 is 17.9 Å². The molecule has 0 aliphatic carbocycles. The molecule has 2 aliphatic rings. The minimum Gasteiger partial charge on any atom is -0.484 e. The number of carbonyl (C=O) groups is 1. The molecule has 0 spiro atoms. The van der Waals surface area contributed by atoms with Gasteiger partial charge in [0.05, 0.1) is 4.90 Å². The average Bonchev–Trinajstić information content (AvgIpc) is 2.78. The molecule has 30 heavy (non-hydrogen) atoms. The number of anilines is 1. The minimum atomic E-state index is -3.47. The van der Waals surface area contributed by atoms with E-state index in [1.165, 1.54) is 5.56 Å². The van der Waals surface area contributed by atoms with Crippen molar-refractivity contribution in [2.75, 3.05) is 24.6 Å². The normalized spacial score (nSPS) is 19.9. The molecule has 2 aromatic rings. The van der Waals surface area contributed by atoms with Crippen LogP contribution in [0.3, 0.4) is 0 Å². The number of carbonyl (C=O) groups excluding carboxylic acids is 1. The summed E-state index contributed by atoms with van der Waals surface area (Å²) < 4.78 is 32.7. The Morgan fingerprint density at radius 2 is 1.73 bits per heavy atom. The van der Waals surface area contributed by atoms with Gasteiger partial charge >= 0.3 is 0 Å². The van der Waals surface area contributed by atoms with Crippen LogP contribution in [-0.4, -0.2) is 44.4 Å². The quantitative estimate of drug-likeness (QED) is 0.730. The zero-order valence-electron chi connectivity index (χ0n) is 17.3. The lowest BCUT2D eigenvalue weighted by Gasteiger charge is -2.35. The first-order valence-corrected chi connectivity index (χ1v) is 12.0. The van der Waals surface area contributed by atoms with Gasteiger partial charge in [0.15, 0.2) is 6.61 Å². The van der Waals surface area contributed by atoms with Crippen LogP contribution in [0.2, 0.25) is 0 Å². The summed E-state index contributed by atoms with van der Waals surface area (Å²) in [6.45, 7) is 3.11. The van der Waals surface area contributed by atoms with Crippen molar-refractivity contribution in [1.82, 2.24) is 4.31 Å². The predicted octanol–water partition coefficient (Wildman–Crippen LogP) is 3.61. The smallest absolute Gasteiger partial charge is 0.265 e. The second-order valence-electron chi connectivity index (χ2n) is 8.00. The summed E-state index contributed by atoms with van der Waals surface area (Å²) in [5.41, 5.74) is 2.13. The van der Waals surface area contributed by atoms with Gasteiger partial charge in [0.25, 0.3) is 5.91 Å². The van der Waals surface area contributed by atoms with Gasteiger partial charge in [0, 0.05) is 24.8 Å². The second-order valence-corrected chi connectivity index (χ2v) is 9.94. The van der Waals surface area contributed by atoms with Crippen LogP contribution in [0, 0.1) is 0 Å². The fourth-order valence-corrected chi connectivity index (χ4v) is 5.76. The number of benzene rings is 2. The number of sulfonamides is 1. The van der Waals surface area contributed by atoms with E-state index in [1.54, 1.807) is 28.6 Å². The predicted molar refractivity (Wildman–Crippen MR) is 116 cm³/mol. The highest BCUT2D eigenvalue weighted by atomic mass is 32.2. The van der Waals surface area contributed by atoms with E-state index in [0.717, 1.165) is 37.8 Å². The van der Waals surface area contributed by atoms with Gasteiger partial charge in [0.1, 0.15) is 5.75 Å². The van der Waals surface area contributed by atoms with E-state index < -0.39 is 10.0 Å². The second kappa shape index (κ2) is 8.78. The van der Waals surface area contributed by atoms with Gasteiger partial charge < -0.3 is 9.64 Å². The van der Waals surface area contributed by atoms with Crippen molar-refractivity contribution in [1.29, 1.82) is 0 Å². The lowest BCUT2D eigenvalue weighted by molar-refractivity contribution is -0.121. The lowest BCUT2D eigenvalue weighted by atomic mass is 9.96. The Morgan fingerprint density at radius 1 is 1.03 bits per heavy atom. The molecule has 7 heteroatoms. The molecule has 1 amide bonds. The molecular weight excluding hydrogens is 400 g/mol. The Morgan fingerprint density at radius 3 is 2.47 bits per heavy atom. The molecule has 0 radical (unpaired) electrons. The van der Waals surface area contributed by atoms with Crippen LogP contribution in [0.1, 0.15) is 38.2 Å². The van der Waals surface area contributed by atoms with Crippen molar-refractivity contribution in [2.24, 2.45) is 0 Å². The third-order valence-corrected chi connectivity index (χ3v) is 7.84. The van der Waals surface area contributed by atoms with Crippen LogP contribution in [0.4, 0.5) is 5.69 Å². The number of ether oxygens (including phenoxy) is 1. The largest absolute Gasteiger partial charge is 0.484 e. The zero-order valence-corrected chi connectivity index (χ0v) is 18.1. The van der Waals surface area contributed by atoms with E-state index in [1.807, 2.05) is 30.0 Å². The molecule has 0 bridgehead atoms. The average molecular weight is 429 g/mol. The minimum absolute atomic E-state index is 0.0864. The van der Waals surface area contributed by atoms with E-state index in [0.29, 0.717) is 18.8 Å². The highest BCUT2D eigenvalue weighted by Gasteiger charge is 2.28. The number of rotatable bonds is 5. The molecule has 6 nitrogen and oxygen atoms in total. The molecule has 2 aromatic carbocycles. The number of para-hydroxylation sites is 1. The topological polar surface area (TPSA) is 66.9 Å². The molecule has 160 valence electrons. The molecule has 0 aromatic heterocycles. The number of fused-ring (bicyclic) bond motifs is 1. The summed E-state index contributed by atoms with van der Waals surface area (Å²) in [5, 5.41) is 0. The first-order valence-electron chi connectivity index (χ1n) is 10.6. The zero-order chi connectivity index (χ0) is 21.1. The maximum absolute atomic E-state index is 12.9. The summed E-state index contributed by atoms with van der Waals surface area (Å²) in [5.74, 6) is 0.388. The summed E-state index contributed by atoms with van der Waals surface area (Å²) in [6, 6.07) is 14.5. The van der Waals surface area contributed by atoms with E-state index in [2.05, 4.69) is 6.07 Å². The molecule has 0 N–H and O–H groups in total. The fourth-order valence-electron chi connectivity index (χ4n) is 4.25. The number of aryl methyl sites for hydroxylation is 1. The van der Waals surface area contributed by atoms with Gasteiger partial charge in [-0.2, -0.15) is 4.31 Å². The van der Waals surface area contributed by atoms with Gasteiger partial charge in [-0.15, -0.1) is 0 Å². The van der Waals surface area contributed by atoms with Crippen molar-refractivity contribution in [2.45, 2.75) is 50.0 Å². The number of hydrogen-bond donors (Lipinski definition) is 0. The maximum Gasteiger partial charge on any atom is 0.265 e. The van der Waals surface area contributed by atoms with E-state index in [9.17, 15) is 13.2 Å². The van der Waals surface area contributed by atoms with Crippen LogP contribution < -0.4 is 9.64 Å². The third-order valence-electron chi connectivity index (χ3n) is 5.93. The molecule has 2 aliphatic heterocycles. The highest BCUT2D eigenvalue weighted by molar-refractivity contribution is 7.89. The van der Waals surface area contributed by atoms with Crippen LogP contribution in [-0.2, 0) is 21.2 Å². The summed E-state index contributed by atoms with van der Waals surface area (Å²) in [7, 11) is -3.47. The number of amides is 1. The molecule has 2 heterocycles. The molecule has 0 saturated carbocycles. The monoisotopic (exact) mass is 428 g/mol. The Balaban J connectivity index is 1.41. The standard InChI is InChI=1S/C23H28N2O4S/c1-18-9-10-19-7-3-4-8-22(19)25(18)23(26)17-29-20-11-13-21(14-12-20)30(27,28)24-15-5-2-6-16-24/h3-4,7-8,11-14,18H,2,5-6,9-10,15-17H2,1H3. The summed E-state index contributed by atoms with van der Waals surface area (Å²) in [4.78, 5) is 15.0. The number of nitrogens with zero attached hydrogens (tertiary/aromatic N) is 2. The van der Waals surface area contributed by atoms with Crippen molar-refractivity contribution in [3.8, 4) is 5.75 Å².